The fourth-order valence-corrected chi connectivity index (χ4v) is 25.5. The molecule has 0 amide bonds. The molecule has 0 saturated heterocycles. The molecule has 3 fully saturated rings. The van der Waals surface area contributed by atoms with Crippen LogP contribution in [0.1, 0.15) is 198 Å². The van der Waals surface area contributed by atoms with Crippen molar-refractivity contribution in [3.63, 3.8) is 0 Å². The molecule has 0 bridgehead atoms. The topological polar surface area (TPSA) is 6.48 Å². The van der Waals surface area contributed by atoms with E-state index in [4.69, 9.17) is 0 Å². The summed E-state index contributed by atoms with van der Waals surface area (Å²) in [6.45, 7) is 4.75. The fourth-order valence-electron chi connectivity index (χ4n) is 17.9. The van der Waals surface area contributed by atoms with Crippen LogP contribution in [0.4, 0.5) is 11.4 Å². The van der Waals surface area contributed by atoms with Crippen LogP contribution >= 0.6 is 7.26 Å². The van der Waals surface area contributed by atoms with Crippen LogP contribution in [0, 0.1) is 13.8 Å². The van der Waals surface area contributed by atoms with Crippen molar-refractivity contribution in [2.24, 2.45) is 0 Å². The number of nitrogens with zero attached hydrogens (tertiary/aromatic N) is 2. The van der Waals surface area contributed by atoms with Crippen LogP contribution in [-0.4, -0.2) is 29.3 Å². The second-order valence-corrected chi connectivity index (χ2v) is 31.8. The highest BCUT2D eigenvalue weighted by atomic mass is 31.2. The molecular weight excluding hydrogens is 1120 g/mol. The summed E-state index contributed by atoms with van der Waals surface area (Å²) in [7, 11) is -1.85. The Bertz CT molecular complexity index is 3310. The minimum absolute atomic E-state index is 0.0432. The zero-order chi connectivity index (χ0) is 61.4. The lowest BCUT2D eigenvalue weighted by atomic mass is 9.77. The molecule has 3 aliphatic carbocycles. The molecule has 0 spiro atoms. The quantitative estimate of drug-likeness (QED) is 0.0588. The number of hydrogen-bond donors (Lipinski definition) is 0. The van der Waals surface area contributed by atoms with Gasteiger partial charge in [0.2, 0.25) is 0 Å². The number of hydrogen-bond acceptors (Lipinski definition) is 2. The molecule has 3 heteroatoms. The molecule has 0 N–H and O–H groups in total. The Morgan fingerprint density at radius 3 is 0.681 bits per heavy atom. The van der Waals surface area contributed by atoms with Gasteiger partial charge in [0.25, 0.3) is 0 Å². The Labute approximate surface area is 545 Å². The van der Waals surface area contributed by atoms with Crippen molar-refractivity contribution >= 4 is 18.6 Å². The van der Waals surface area contributed by atoms with E-state index in [0.29, 0.717) is 0 Å². The van der Waals surface area contributed by atoms with Gasteiger partial charge < -0.3 is 9.80 Å². The molecule has 1 aliphatic heterocycles. The highest BCUT2D eigenvalue weighted by molar-refractivity contribution is 7.78. The van der Waals surface area contributed by atoms with Gasteiger partial charge in [-0.2, -0.15) is 0 Å². The normalized spacial score (nSPS) is 16.4. The van der Waals surface area contributed by atoms with Crippen molar-refractivity contribution < 1.29 is 0 Å². The van der Waals surface area contributed by atoms with Gasteiger partial charge in [0.05, 0.1) is 34.5 Å². The highest BCUT2D eigenvalue weighted by Crippen LogP contribution is 2.78. The van der Waals surface area contributed by atoms with E-state index in [-0.39, 0.29) is 29.8 Å². The lowest BCUT2D eigenvalue weighted by Crippen LogP contribution is -2.49. The van der Waals surface area contributed by atoms with Crippen LogP contribution in [0.5, 0.6) is 0 Å². The summed E-state index contributed by atoms with van der Waals surface area (Å²) in [5.74, 6) is -0.194. The van der Waals surface area contributed by atoms with Crippen molar-refractivity contribution in [1.82, 2.24) is 0 Å². The summed E-state index contributed by atoms with van der Waals surface area (Å²) in [6, 6.07) is 103. The second kappa shape index (κ2) is 28.2. The smallest absolute Gasteiger partial charge is 0.144 e. The van der Waals surface area contributed by atoms with Gasteiger partial charge in [-0.25, -0.2) is 0 Å². The fraction of sp³-hybridized carbons (Fsp3) is 0.295. The Morgan fingerprint density at radius 1 is 0.286 bits per heavy atom. The first kappa shape index (κ1) is 60.5. The lowest BCUT2D eigenvalue weighted by Gasteiger charge is -2.51. The van der Waals surface area contributed by atoms with E-state index in [9.17, 15) is 0 Å². The van der Waals surface area contributed by atoms with Crippen LogP contribution in [-0.2, 0) is 0 Å². The number of benzene rings is 10. The van der Waals surface area contributed by atoms with Gasteiger partial charge in [0.1, 0.15) is 6.17 Å². The minimum atomic E-state index is -1.85. The van der Waals surface area contributed by atoms with E-state index in [1.165, 1.54) is 192 Å². The van der Waals surface area contributed by atoms with Gasteiger partial charge in [0, 0.05) is 43.3 Å². The molecule has 458 valence electrons. The first-order valence-electron chi connectivity index (χ1n) is 34.8. The maximum absolute atomic E-state index is 2.97. The minimum Gasteiger partial charge on any atom is -0.321 e. The van der Waals surface area contributed by atoms with Gasteiger partial charge in [-0.3, -0.25) is 0 Å². The molecule has 0 aromatic heterocycles. The first-order chi connectivity index (χ1) is 45.0. The summed E-state index contributed by atoms with van der Waals surface area (Å²) < 4.78 is 0. The molecule has 1 heterocycles. The third-order valence-electron chi connectivity index (χ3n) is 21.7. The maximum Gasteiger partial charge on any atom is 0.144 e. The van der Waals surface area contributed by atoms with Gasteiger partial charge in [0.15, 0.2) is 0 Å². The highest BCUT2D eigenvalue weighted by Gasteiger charge is 2.60. The molecule has 91 heavy (non-hydrogen) atoms. The van der Waals surface area contributed by atoms with E-state index >= 15 is 0 Å². The summed E-state index contributed by atoms with van der Waals surface area (Å²) in [6.07, 6.45) is 27.2. The predicted octanol–water partition coefficient (Wildman–Crippen LogP) is 23.2. The van der Waals surface area contributed by atoms with Crippen molar-refractivity contribution in [3.05, 3.63) is 357 Å². The van der Waals surface area contributed by atoms with E-state index in [1.807, 2.05) is 0 Å². The van der Waals surface area contributed by atoms with E-state index in [2.05, 4.69) is 303 Å². The van der Waals surface area contributed by atoms with Crippen LogP contribution < -0.4 is 9.80 Å². The zero-order valence-corrected chi connectivity index (χ0v) is 54.7. The van der Waals surface area contributed by atoms with Crippen molar-refractivity contribution in [1.29, 1.82) is 0 Å². The van der Waals surface area contributed by atoms with Gasteiger partial charge in [-0.1, -0.05) is 297 Å². The van der Waals surface area contributed by atoms with Gasteiger partial charge >= 0.3 is 0 Å². The second-order valence-electron chi connectivity index (χ2n) is 27.2. The Balaban J connectivity index is 1.12. The van der Waals surface area contributed by atoms with Gasteiger partial charge in [-0.15, -0.1) is 0 Å². The van der Waals surface area contributed by atoms with Crippen molar-refractivity contribution in [2.45, 2.75) is 157 Å². The number of aryl methyl sites for hydroxylation is 2. The SMILES string of the molecule is Cc1cc(C(c2ccccc2)c2ccccc2)c(N2C=CN(c3c(C(c4ccccc4)c4ccccc4)cc(C)cc3C(c3ccccc3)c3ccccc3)C2C[P+](C2CCCCC2)(C2CCCCC2)C2CCCCC2)c(C(c2ccccc2)c2ccccc2)c1. The van der Waals surface area contributed by atoms with Gasteiger partial charge in [-0.05, 0) is 158 Å². The summed E-state index contributed by atoms with van der Waals surface area (Å²) in [4.78, 5) is 5.94. The van der Waals surface area contributed by atoms with Crippen molar-refractivity contribution in [3.8, 4) is 0 Å². The molecule has 10 aromatic rings. The Kier molecular flexibility index (Phi) is 18.8. The Morgan fingerprint density at radius 2 is 0.484 bits per heavy atom. The summed E-state index contributed by atoms with van der Waals surface area (Å²) >= 11 is 0. The Hall–Kier alpha value is -8.03. The average molecular weight is 1210 g/mol. The number of anilines is 2. The maximum atomic E-state index is 2.97. The average Bonchev–Trinajstić information content (AvgIpc) is 1.72. The lowest BCUT2D eigenvalue weighted by molar-refractivity contribution is 0.448. The third-order valence-corrected chi connectivity index (χ3v) is 28.3. The predicted molar refractivity (Wildman–Crippen MR) is 388 cm³/mol. The molecule has 10 aromatic carbocycles. The number of rotatable bonds is 19. The first-order valence-corrected chi connectivity index (χ1v) is 37.0. The monoisotopic (exact) mass is 1210 g/mol. The molecule has 2 nitrogen and oxygen atoms in total. The van der Waals surface area contributed by atoms with Crippen molar-refractivity contribution in [2.75, 3.05) is 16.0 Å². The molecule has 0 unspecified atom stereocenters. The summed E-state index contributed by atoms with van der Waals surface area (Å²) in [5.41, 5.74) is 23.7. The van der Waals surface area contributed by atoms with E-state index < -0.39 is 7.26 Å². The van der Waals surface area contributed by atoms with Crippen LogP contribution in [0.3, 0.4) is 0 Å². The van der Waals surface area contributed by atoms with Crippen LogP contribution in [0.2, 0.25) is 0 Å². The largest absolute Gasteiger partial charge is 0.321 e. The van der Waals surface area contributed by atoms with Crippen LogP contribution in [0.15, 0.2) is 279 Å². The van der Waals surface area contributed by atoms with Crippen LogP contribution in [0.25, 0.3) is 0 Å². The van der Waals surface area contributed by atoms with E-state index in [0.717, 1.165) is 17.0 Å². The molecule has 0 radical (unpaired) electrons. The molecule has 0 atom stereocenters. The third kappa shape index (κ3) is 12.6. The molecule has 3 saturated carbocycles. The molecule has 14 rings (SSSR count). The molecule has 4 aliphatic rings. The van der Waals surface area contributed by atoms with E-state index in [1.54, 1.807) is 0 Å². The summed E-state index contributed by atoms with van der Waals surface area (Å²) in [5, 5.41) is 0. The zero-order valence-electron chi connectivity index (χ0n) is 53.8. The molecular formula is C88H92N2P+. The standard InChI is InChI=1S/C88H92N2P/c1-65-60-78(83(67-36-14-3-15-37-67)68-38-16-4-17-39-68)87(79(61-65)84(69-40-18-5-19-41-69)70-42-20-6-21-43-70)89-58-59-90(82(89)64-91(75-52-30-11-31-53-75,76-54-32-12-33-55-76)77-56-34-13-35-57-77)88-80(85(71-44-22-7-23-45-71)72-46-24-8-25-47-72)62-66(2)63-81(88)86(73-48-26-9-27-49-73)74-50-28-10-29-51-74/h3-10,14-29,36-51,58-63,75-77,82-86H,11-13,30-35,52-57,64H2,1-2H3/q+1.